The lowest BCUT2D eigenvalue weighted by molar-refractivity contribution is 0.549. The Labute approximate surface area is 118 Å². The summed E-state index contributed by atoms with van der Waals surface area (Å²) in [5, 5.41) is 8.69. The normalized spacial score (nSPS) is 11.2. The standard InChI is InChI=1S/C14H20N4S/c1-11(2)7-15-8-12-5-4-6-16-14(12)19-13-9-17-18(3)10-13/h4-6,9-11,15H,7-8H2,1-3H3. The Morgan fingerprint density at radius 2 is 2.26 bits per heavy atom. The number of hydrogen-bond donors (Lipinski definition) is 1. The number of pyridine rings is 1. The molecule has 0 saturated carbocycles. The summed E-state index contributed by atoms with van der Waals surface area (Å²) in [5.41, 5.74) is 1.23. The fourth-order valence-corrected chi connectivity index (χ4v) is 2.62. The molecule has 102 valence electrons. The molecule has 0 spiro atoms. The predicted octanol–water partition coefficient (Wildman–Crippen LogP) is 2.71. The predicted molar refractivity (Wildman–Crippen MR) is 78.1 cm³/mol. The molecule has 2 aromatic heterocycles. The third-order valence-corrected chi connectivity index (χ3v) is 3.62. The lowest BCUT2D eigenvalue weighted by atomic mass is 10.2. The summed E-state index contributed by atoms with van der Waals surface area (Å²) in [5.74, 6) is 0.658. The van der Waals surface area contributed by atoms with E-state index in [4.69, 9.17) is 0 Å². The Kier molecular flexibility index (Phi) is 4.99. The molecule has 0 saturated heterocycles. The molecule has 0 unspecified atom stereocenters. The Morgan fingerprint density at radius 1 is 1.42 bits per heavy atom. The molecule has 0 aliphatic rings. The molecule has 4 nitrogen and oxygen atoms in total. The SMILES string of the molecule is CC(C)CNCc1cccnc1Sc1cnn(C)c1. The van der Waals surface area contributed by atoms with Crippen molar-refractivity contribution in [3.63, 3.8) is 0 Å². The second-order valence-corrected chi connectivity index (χ2v) is 6.01. The third kappa shape index (κ3) is 4.36. The molecule has 0 amide bonds. The Hall–Kier alpha value is -1.33. The van der Waals surface area contributed by atoms with Crippen molar-refractivity contribution in [3.05, 3.63) is 36.3 Å². The van der Waals surface area contributed by atoms with Crippen molar-refractivity contribution in [1.82, 2.24) is 20.1 Å². The van der Waals surface area contributed by atoms with Crippen LogP contribution in [0.15, 0.2) is 40.6 Å². The number of nitrogens with zero attached hydrogens (tertiary/aromatic N) is 3. The summed E-state index contributed by atoms with van der Waals surface area (Å²) in [6, 6.07) is 4.11. The van der Waals surface area contributed by atoms with Gasteiger partial charge in [-0.2, -0.15) is 5.10 Å². The molecule has 19 heavy (non-hydrogen) atoms. The molecule has 1 N–H and O–H groups in total. The smallest absolute Gasteiger partial charge is 0.105 e. The van der Waals surface area contributed by atoms with Crippen molar-refractivity contribution >= 4 is 11.8 Å². The summed E-state index contributed by atoms with van der Waals surface area (Å²) < 4.78 is 1.81. The van der Waals surface area contributed by atoms with Crippen LogP contribution in [0.5, 0.6) is 0 Å². The first-order valence-corrected chi connectivity index (χ1v) is 7.28. The highest BCUT2D eigenvalue weighted by molar-refractivity contribution is 7.99. The third-order valence-electron chi connectivity index (χ3n) is 2.61. The van der Waals surface area contributed by atoms with E-state index in [2.05, 4.69) is 35.3 Å². The highest BCUT2D eigenvalue weighted by atomic mass is 32.2. The second-order valence-electron chi connectivity index (χ2n) is 4.94. The number of aryl methyl sites for hydroxylation is 1. The summed E-state index contributed by atoms with van der Waals surface area (Å²) in [4.78, 5) is 5.58. The highest BCUT2D eigenvalue weighted by Crippen LogP contribution is 2.27. The Morgan fingerprint density at radius 3 is 2.95 bits per heavy atom. The lowest BCUT2D eigenvalue weighted by Crippen LogP contribution is -2.19. The van der Waals surface area contributed by atoms with Gasteiger partial charge in [0.2, 0.25) is 0 Å². The molecule has 0 aliphatic heterocycles. The maximum Gasteiger partial charge on any atom is 0.105 e. The van der Waals surface area contributed by atoms with Crippen LogP contribution in [0, 0.1) is 5.92 Å². The summed E-state index contributed by atoms with van der Waals surface area (Å²) in [7, 11) is 1.92. The van der Waals surface area contributed by atoms with Gasteiger partial charge in [-0.05, 0) is 24.1 Å². The highest BCUT2D eigenvalue weighted by Gasteiger charge is 2.07. The van der Waals surface area contributed by atoms with E-state index in [1.165, 1.54) is 5.56 Å². The Balaban J connectivity index is 2.03. The van der Waals surface area contributed by atoms with Crippen molar-refractivity contribution in [3.8, 4) is 0 Å². The largest absolute Gasteiger partial charge is 0.312 e. The van der Waals surface area contributed by atoms with Gasteiger partial charge in [0.25, 0.3) is 0 Å². The van der Waals surface area contributed by atoms with Gasteiger partial charge >= 0.3 is 0 Å². The van der Waals surface area contributed by atoms with Crippen LogP contribution in [0.3, 0.4) is 0 Å². The molecular weight excluding hydrogens is 256 g/mol. The second kappa shape index (κ2) is 6.73. The van der Waals surface area contributed by atoms with E-state index in [1.807, 2.05) is 36.4 Å². The molecule has 0 radical (unpaired) electrons. The van der Waals surface area contributed by atoms with E-state index >= 15 is 0 Å². The molecule has 2 aromatic rings. The maximum absolute atomic E-state index is 4.47. The van der Waals surface area contributed by atoms with Crippen molar-refractivity contribution < 1.29 is 0 Å². The van der Waals surface area contributed by atoms with E-state index < -0.39 is 0 Å². The Bertz CT molecular complexity index is 522. The zero-order valence-corrected chi connectivity index (χ0v) is 12.4. The maximum atomic E-state index is 4.47. The first-order chi connectivity index (χ1) is 9.15. The quantitative estimate of drug-likeness (QED) is 0.881. The zero-order valence-electron chi connectivity index (χ0n) is 11.6. The zero-order chi connectivity index (χ0) is 13.7. The summed E-state index contributed by atoms with van der Waals surface area (Å²) in [6.45, 7) is 6.30. The summed E-state index contributed by atoms with van der Waals surface area (Å²) in [6.07, 6.45) is 5.71. The van der Waals surface area contributed by atoms with Crippen LogP contribution in [0.1, 0.15) is 19.4 Å². The molecule has 2 heterocycles. The average Bonchev–Trinajstić information content (AvgIpc) is 2.77. The number of hydrogen-bond acceptors (Lipinski definition) is 4. The van der Waals surface area contributed by atoms with Crippen LogP contribution in [-0.4, -0.2) is 21.3 Å². The van der Waals surface area contributed by atoms with Gasteiger partial charge in [-0.15, -0.1) is 0 Å². The van der Waals surface area contributed by atoms with Gasteiger partial charge in [-0.25, -0.2) is 4.98 Å². The molecule has 0 atom stereocenters. The minimum atomic E-state index is 0.658. The van der Waals surface area contributed by atoms with Crippen LogP contribution >= 0.6 is 11.8 Å². The van der Waals surface area contributed by atoms with Crippen LogP contribution in [-0.2, 0) is 13.6 Å². The lowest BCUT2D eigenvalue weighted by Gasteiger charge is -2.10. The van der Waals surface area contributed by atoms with Gasteiger partial charge in [-0.3, -0.25) is 4.68 Å². The molecule has 5 heteroatoms. The number of nitrogens with one attached hydrogen (secondary N) is 1. The van der Waals surface area contributed by atoms with Gasteiger partial charge in [0, 0.05) is 26.0 Å². The minimum absolute atomic E-state index is 0.658. The molecular formula is C14H20N4S. The van der Waals surface area contributed by atoms with E-state index in [-0.39, 0.29) is 0 Å². The van der Waals surface area contributed by atoms with Crippen molar-refractivity contribution in [2.45, 2.75) is 30.3 Å². The average molecular weight is 276 g/mol. The van der Waals surface area contributed by atoms with E-state index in [9.17, 15) is 0 Å². The van der Waals surface area contributed by atoms with Crippen molar-refractivity contribution in [1.29, 1.82) is 0 Å². The first-order valence-electron chi connectivity index (χ1n) is 6.46. The monoisotopic (exact) mass is 276 g/mol. The molecule has 0 fully saturated rings. The van der Waals surface area contributed by atoms with Crippen molar-refractivity contribution in [2.24, 2.45) is 13.0 Å². The number of rotatable bonds is 6. The van der Waals surface area contributed by atoms with Gasteiger partial charge < -0.3 is 5.32 Å². The van der Waals surface area contributed by atoms with Gasteiger partial charge in [0.05, 0.1) is 11.1 Å². The van der Waals surface area contributed by atoms with Gasteiger partial charge in [0.15, 0.2) is 0 Å². The van der Waals surface area contributed by atoms with Gasteiger partial charge in [-0.1, -0.05) is 31.7 Å². The van der Waals surface area contributed by atoms with E-state index in [0.717, 1.165) is 23.0 Å². The molecule has 0 aliphatic carbocycles. The van der Waals surface area contributed by atoms with Crippen LogP contribution in [0.25, 0.3) is 0 Å². The topological polar surface area (TPSA) is 42.7 Å². The number of aromatic nitrogens is 3. The molecule has 2 rings (SSSR count). The fraction of sp³-hybridized carbons (Fsp3) is 0.429. The van der Waals surface area contributed by atoms with Crippen LogP contribution in [0.2, 0.25) is 0 Å². The molecule has 0 bridgehead atoms. The van der Waals surface area contributed by atoms with E-state index in [0.29, 0.717) is 5.92 Å². The van der Waals surface area contributed by atoms with Crippen LogP contribution < -0.4 is 5.32 Å². The first kappa shape index (κ1) is 14.1. The molecule has 0 aromatic carbocycles. The van der Waals surface area contributed by atoms with E-state index in [1.54, 1.807) is 11.8 Å². The van der Waals surface area contributed by atoms with Crippen molar-refractivity contribution in [2.75, 3.05) is 6.54 Å². The summed E-state index contributed by atoms with van der Waals surface area (Å²) >= 11 is 1.66. The fourth-order valence-electron chi connectivity index (χ4n) is 1.71. The van der Waals surface area contributed by atoms with Crippen LogP contribution in [0.4, 0.5) is 0 Å². The van der Waals surface area contributed by atoms with Gasteiger partial charge in [0.1, 0.15) is 5.03 Å². The minimum Gasteiger partial charge on any atom is -0.312 e.